The van der Waals surface area contributed by atoms with Gasteiger partial charge in [0.25, 0.3) is 17.5 Å². The maximum atomic E-state index is 12.6. The maximum absolute atomic E-state index is 12.6. The lowest BCUT2D eigenvalue weighted by Crippen LogP contribution is -2.34. The van der Waals surface area contributed by atoms with Crippen molar-refractivity contribution >= 4 is 39.7 Å². The summed E-state index contributed by atoms with van der Waals surface area (Å²) in [6.07, 6.45) is 0.449. The van der Waals surface area contributed by atoms with Crippen LogP contribution in [0.3, 0.4) is 0 Å². The average molecular weight is 388 g/mol. The topological polar surface area (TPSA) is 136 Å². The molecule has 3 N–H and O–H groups in total. The van der Waals surface area contributed by atoms with Crippen molar-refractivity contribution in [1.29, 1.82) is 0 Å². The van der Waals surface area contributed by atoms with Gasteiger partial charge in [-0.25, -0.2) is 0 Å². The first-order chi connectivity index (χ1) is 12.8. The third-order valence-corrected chi connectivity index (χ3v) is 5.45. The summed E-state index contributed by atoms with van der Waals surface area (Å²) in [4.78, 5) is 49.0. The Morgan fingerprint density at radius 3 is 2.63 bits per heavy atom. The zero-order chi connectivity index (χ0) is 19.7. The summed E-state index contributed by atoms with van der Waals surface area (Å²) in [5.41, 5.74) is 5.96. The van der Waals surface area contributed by atoms with Crippen LogP contribution < -0.4 is 11.1 Å². The minimum atomic E-state index is -0.702. The predicted molar refractivity (Wildman–Crippen MR) is 98.7 cm³/mol. The second-order valence-corrected chi connectivity index (χ2v) is 7.10. The molecule has 3 rings (SSSR count). The molecule has 10 heteroatoms. The summed E-state index contributed by atoms with van der Waals surface area (Å²) >= 11 is 1.15. The van der Waals surface area contributed by atoms with Crippen LogP contribution in [0.5, 0.6) is 0 Å². The fourth-order valence-corrected chi connectivity index (χ4v) is 4.28. The molecule has 140 valence electrons. The van der Waals surface area contributed by atoms with Gasteiger partial charge in [0.2, 0.25) is 5.91 Å². The summed E-state index contributed by atoms with van der Waals surface area (Å²) in [6, 6.07) is 5.54. The Bertz CT molecular complexity index is 968. The minimum absolute atomic E-state index is 0.0832. The average Bonchev–Trinajstić information content (AvgIpc) is 2.98. The second-order valence-electron chi connectivity index (χ2n) is 5.99. The molecule has 1 aromatic carbocycles. The molecule has 9 nitrogen and oxygen atoms in total. The summed E-state index contributed by atoms with van der Waals surface area (Å²) in [7, 11) is 0. The molecule has 0 saturated heterocycles. The van der Waals surface area contributed by atoms with Crippen LogP contribution in [0.1, 0.15) is 38.1 Å². The molecule has 3 amide bonds. The van der Waals surface area contributed by atoms with Crippen molar-refractivity contribution < 1.29 is 19.3 Å². The van der Waals surface area contributed by atoms with Crippen LogP contribution in [-0.2, 0) is 17.8 Å². The van der Waals surface area contributed by atoms with E-state index in [-0.39, 0.29) is 27.7 Å². The summed E-state index contributed by atoms with van der Waals surface area (Å²) in [6.45, 7) is 2.25. The number of rotatable bonds is 4. The van der Waals surface area contributed by atoms with E-state index in [0.29, 0.717) is 25.1 Å². The van der Waals surface area contributed by atoms with E-state index in [9.17, 15) is 24.5 Å². The molecule has 0 radical (unpaired) electrons. The number of para-hydroxylation sites is 1. The Hall–Kier alpha value is -3.27. The lowest BCUT2D eigenvalue weighted by atomic mass is 10.0. The molecule has 1 aromatic heterocycles. The van der Waals surface area contributed by atoms with Crippen molar-refractivity contribution in [2.24, 2.45) is 5.73 Å². The SMILES string of the molecule is CC(=O)N1CCc2c(sc(NC(=O)c3ccccc3[N+](=O)[O-])c2C(N)=O)C1. The zero-order valence-electron chi connectivity index (χ0n) is 14.4. The van der Waals surface area contributed by atoms with Gasteiger partial charge in [0, 0.05) is 24.4 Å². The number of benzene rings is 1. The van der Waals surface area contributed by atoms with Crippen LogP contribution >= 0.6 is 11.3 Å². The Labute approximate surface area is 157 Å². The third kappa shape index (κ3) is 3.51. The van der Waals surface area contributed by atoms with Gasteiger partial charge in [-0.1, -0.05) is 12.1 Å². The number of fused-ring (bicyclic) bond motifs is 1. The number of nitrogens with one attached hydrogen (secondary N) is 1. The maximum Gasteiger partial charge on any atom is 0.282 e. The number of nitro benzene ring substituents is 1. The minimum Gasteiger partial charge on any atom is -0.365 e. The molecule has 0 saturated carbocycles. The van der Waals surface area contributed by atoms with Gasteiger partial charge in [0.1, 0.15) is 10.6 Å². The van der Waals surface area contributed by atoms with Crippen molar-refractivity contribution in [3.63, 3.8) is 0 Å². The van der Waals surface area contributed by atoms with E-state index in [1.54, 1.807) is 4.90 Å². The fraction of sp³-hybridized carbons (Fsp3) is 0.235. The highest BCUT2D eigenvalue weighted by molar-refractivity contribution is 7.17. The highest BCUT2D eigenvalue weighted by atomic mass is 32.1. The zero-order valence-corrected chi connectivity index (χ0v) is 15.2. The van der Waals surface area contributed by atoms with Crippen molar-refractivity contribution in [2.75, 3.05) is 11.9 Å². The molecule has 0 spiro atoms. The molecule has 2 heterocycles. The predicted octanol–water partition coefficient (Wildman–Crippen LogP) is 1.91. The smallest absolute Gasteiger partial charge is 0.282 e. The quantitative estimate of drug-likeness (QED) is 0.609. The first-order valence-corrected chi connectivity index (χ1v) is 8.86. The van der Waals surface area contributed by atoms with Gasteiger partial charge in [0.05, 0.1) is 17.0 Å². The van der Waals surface area contributed by atoms with Gasteiger partial charge in [-0.15, -0.1) is 11.3 Å². The normalized spacial score (nSPS) is 13.0. The van der Waals surface area contributed by atoms with Gasteiger partial charge in [0.15, 0.2) is 0 Å². The van der Waals surface area contributed by atoms with Crippen LogP contribution in [0, 0.1) is 10.1 Å². The van der Waals surface area contributed by atoms with Crippen LogP contribution in [0.25, 0.3) is 0 Å². The Balaban J connectivity index is 1.96. The highest BCUT2D eigenvalue weighted by Crippen LogP contribution is 2.37. The second kappa shape index (κ2) is 7.16. The summed E-state index contributed by atoms with van der Waals surface area (Å²) < 4.78 is 0. The molecule has 1 aliphatic heterocycles. The van der Waals surface area contributed by atoms with Crippen LogP contribution in [0.2, 0.25) is 0 Å². The number of primary amides is 1. The van der Waals surface area contributed by atoms with E-state index in [4.69, 9.17) is 5.73 Å². The summed E-state index contributed by atoms with van der Waals surface area (Å²) in [5, 5.41) is 13.9. The number of nitrogens with two attached hydrogens (primary N) is 1. The third-order valence-electron chi connectivity index (χ3n) is 4.32. The van der Waals surface area contributed by atoms with Gasteiger partial charge in [-0.2, -0.15) is 0 Å². The molecular weight excluding hydrogens is 372 g/mol. The molecular formula is C17H16N4O5S. The van der Waals surface area contributed by atoms with Crippen LogP contribution in [0.4, 0.5) is 10.7 Å². The van der Waals surface area contributed by atoms with Gasteiger partial charge in [-0.3, -0.25) is 24.5 Å². The van der Waals surface area contributed by atoms with Crippen molar-refractivity contribution in [1.82, 2.24) is 4.90 Å². The van der Waals surface area contributed by atoms with Gasteiger partial charge < -0.3 is 16.0 Å². The van der Waals surface area contributed by atoms with E-state index in [2.05, 4.69) is 5.32 Å². The number of thiophene rings is 1. The Kier molecular flexibility index (Phi) is 4.91. The molecule has 2 aromatic rings. The molecule has 0 atom stereocenters. The Morgan fingerprint density at radius 1 is 1.30 bits per heavy atom. The van der Waals surface area contributed by atoms with Crippen molar-refractivity contribution in [3.05, 3.63) is 55.9 Å². The van der Waals surface area contributed by atoms with E-state index in [1.165, 1.54) is 31.2 Å². The van der Waals surface area contributed by atoms with E-state index in [0.717, 1.165) is 16.2 Å². The monoisotopic (exact) mass is 388 g/mol. The number of nitro groups is 1. The Morgan fingerprint density at radius 2 is 2.00 bits per heavy atom. The lowest BCUT2D eigenvalue weighted by Gasteiger charge is -2.25. The number of nitrogens with zero attached hydrogens (tertiary/aromatic N) is 2. The van der Waals surface area contributed by atoms with Gasteiger partial charge >= 0.3 is 0 Å². The van der Waals surface area contributed by atoms with E-state index < -0.39 is 16.7 Å². The van der Waals surface area contributed by atoms with E-state index in [1.807, 2.05) is 0 Å². The standard InChI is InChI=1S/C17H16N4O5S/c1-9(22)20-7-6-11-13(8-20)27-17(14(11)15(18)23)19-16(24)10-4-2-3-5-12(10)21(25)26/h2-5H,6-8H2,1H3,(H2,18,23)(H,19,24). The van der Waals surface area contributed by atoms with Crippen molar-refractivity contribution in [3.8, 4) is 0 Å². The fourth-order valence-electron chi connectivity index (χ4n) is 3.02. The number of hydrogen-bond donors (Lipinski definition) is 2. The van der Waals surface area contributed by atoms with Gasteiger partial charge in [-0.05, 0) is 18.1 Å². The molecule has 27 heavy (non-hydrogen) atoms. The number of carbonyl (C=O) groups excluding carboxylic acids is 3. The molecule has 0 fully saturated rings. The van der Waals surface area contributed by atoms with Crippen LogP contribution in [-0.4, -0.2) is 34.1 Å². The lowest BCUT2D eigenvalue weighted by molar-refractivity contribution is -0.385. The van der Waals surface area contributed by atoms with Crippen molar-refractivity contribution in [2.45, 2.75) is 19.9 Å². The number of amides is 3. The molecule has 1 aliphatic rings. The highest BCUT2D eigenvalue weighted by Gasteiger charge is 2.29. The molecule has 0 bridgehead atoms. The van der Waals surface area contributed by atoms with Crippen LogP contribution in [0.15, 0.2) is 24.3 Å². The number of carbonyl (C=O) groups is 3. The first-order valence-electron chi connectivity index (χ1n) is 8.04. The largest absolute Gasteiger partial charge is 0.365 e. The molecule has 0 aliphatic carbocycles. The number of hydrogen-bond acceptors (Lipinski definition) is 6. The summed E-state index contributed by atoms with van der Waals surface area (Å²) in [5.74, 6) is -1.48. The molecule has 0 unspecified atom stereocenters. The number of anilines is 1. The first kappa shape index (κ1) is 18.5. The van der Waals surface area contributed by atoms with E-state index >= 15 is 0 Å².